The summed E-state index contributed by atoms with van der Waals surface area (Å²) in [6.07, 6.45) is 2.61. The average Bonchev–Trinajstić information content (AvgIpc) is 2.51. The maximum Gasteiger partial charge on any atom is 1.00 e. The van der Waals surface area contributed by atoms with Crippen molar-refractivity contribution >= 4 is 10.9 Å². The fraction of sp³-hybridized carbons (Fsp3) is 0.200. The van der Waals surface area contributed by atoms with Crippen molar-refractivity contribution in [3.05, 3.63) is 30.0 Å². The van der Waals surface area contributed by atoms with Gasteiger partial charge in [0.25, 0.3) is 0 Å². The van der Waals surface area contributed by atoms with E-state index in [1.807, 2.05) is 12.3 Å². The van der Waals surface area contributed by atoms with Crippen molar-refractivity contribution in [1.82, 2.24) is 4.98 Å². The van der Waals surface area contributed by atoms with Gasteiger partial charge in [0, 0.05) is 11.7 Å². The third-order valence-corrected chi connectivity index (χ3v) is 2.16. The molecule has 1 aromatic heterocycles. The molecule has 0 atom stereocenters. The van der Waals surface area contributed by atoms with E-state index in [-0.39, 0.29) is 57.1 Å². The van der Waals surface area contributed by atoms with E-state index in [4.69, 9.17) is 5.73 Å². The molecule has 0 bridgehead atoms. The van der Waals surface area contributed by atoms with E-state index in [2.05, 4.69) is 4.98 Å². The number of H-pyrrole nitrogens is 1. The molecule has 68 valence electrons. The zero-order valence-corrected chi connectivity index (χ0v) is 11.3. The van der Waals surface area contributed by atoms with Crippen molar-refractivity contribution in [2.75, 3.05) is 6.54 Å². The molecule has 2 rings (SSSR count). The number of fused-ring (bicyclic) bond motifs is 1. The Labute approximate surface area is 125 Å². The van der Waals surface area contributed by atoms with Crippen molar-refractivity contribution in [1.29, 1.82) is 0 Å². The number of hydrogen-bond donors (Lipinski definition) is 2. The Kier molecular flexibility index (Phi) is 4.63. The first-order chi connectivity index (χ1) is 6.33. The molecule has 0 radical (unpaired) electrons. The molecule has 0 saturated heterocycles. The van der Waals surface area contributed by atoms with Crippen LogP contribution in [-0.4, -0.2) is 11.5 Å². The van der Waals surface area contributed by atoms with Gasteiger partial charge < -0.3 is 15.8 Å². The van der Waals surface area contributed by atoms with Crippen molar-refractivity contribution in [2.24, 2.45) is 5.73 Å². The smallest absolute Gasteiger partial charge is 0.872 e. The largest absolute Gasteiger partial charge is 1.00 e. The second-order valence-corrected chi connectivity index (χ2v) is 3.03. The number of nitrogens with one attached hydrogen (secondary N) is 1. The van der Waals surface area contributed by atoms with E-state index in [9.17, 15) is 5.11 Å². The van der Waals surface area contributed by atoms with E-state index in [1.165, 1.54) is 0 Å². The van der Waals surface area contributed by atoms with Gasteiger partial charge in [-0.1, -0.05) is 17.9 Å². The molecule has 0 spiro atoms. The third-order valence-electron chi connectivity index (χ3n) is 2.16. The maximum absolute atomic E-state index is 11.5. The number of aromatic amines is 1. The van der Waals surface area contributed by atoms with Gasteiger partial charge >= 0.3 is 51.4 Å². The average molecular weight is 214 g/mol. The molecule has 0 aliphatic heterocycles. The molecular weight excluding hydrogens is 203 g/mol. The van der Waals surface area contributed by atoms with Crippen LogP contribution in [0.1, 0.15) is 5.56 Å². The van der Waals surface area contributed by atoms with Gasteiger partial charge in [0.1, 0.15) is 0 Å². The summed E-state index contributed by atoms with van der Waals surface area (Å²) in [6.45, 7) is 0.571. The standard InChI is InChI=1S/C10H12N2O.K/c11-5-4-7-6-12-8-2-1-3-9(13)10(7)8;/h1-3,6,12-13H,4-5,11H2;/q;+1/p-1. The van der Waals surface area contributed by atoms with Gasteiger partial charge in [-0.05, 0) is 30.0 Å². The Bertz CT molecular complexity index is 425. The van der Waals surface area contributed by atoms with E-state index >= 15 is 0 Å². The van der Waals surface area contributed by atoms with Crippen molar-refractivity contribution in [3.63, 3.8) is 0 Å². The molecule has 4 heteroatoms. The van der Waals surface area contributed by atoms with Crippen LogP contribution in [0.3, 0.4) is 0 Å². The van der Waals surface area contributed by atoms with Crippen LogP contribution in [0, 0.1) is 0 Å². The molecule has 0 saturated carbocycles. The van der Waals surface area contributed by atoms with E-state index in [1.54, 1.807) is 12.1 Å². The van der Waals surface area contributed by atoms with Gasteiger partial charge in [-0.2, -0.15) is 0 Å². The number of benzene rings is 1. The molecule has 1 aromatic carbocycles. The van der Waals surface area contributed by atoms with Gasteiger partial charge in [-0.25, -0.2) is 0 Å². The molecular formula is C10H11KN2O. The molecule has 1 heterocycles. The predicted molar refractivity (Wildman–Crippen MR) is 50.5 cm³/mol. The second-order valence-electron chi connectivity index (χ2n) is 3.03. The minimum Gasteiger partial charge on any atom is -0.872 e. The number of aromatic nitrogens is 1. The summed E-state index contributed by atoms with van der Waals surface area (Å²) >= 11 is 0. The fourth-order valence-electron chi connectivity index (χ4n) is 1.57. The van der Waals surface area contributed by atoms with Crippen molar-refractivity contribution < 1.29 is 56.5 Å². The first kappa shape index (κ1) is 12.2. The number of nitrogens with two attached hydrogens (primary N) is 1. The number of rotatable bonds is 2. The summed E-state index contributed by atoms with van der Waals surface area (Å²) in [5.74, 6) is 0.0715. The van der Waals surface area contributed by atoms with E-state index in [0.717, 1.165) is 22.9 Å². The SMILES string of the molecule is NCCc1c[nH]c2cccc([O-])c12.[K+]. The molecule has 0 unspecified atom stereocenters. The van der Waals surface area contributed by atoms with Crippen LogP contribution in [-0.2, 0) is 6.42 Å². The maximum atomic E-state index is 11.5. The molecule has 2 aromatic rings. The Balaban J connectivity index is 0.000000980. The second kappa shape index (κ2) is 5.30. The van der Waals surface area contributed by atoms with E-state index in [0.29, 0.717) is 6.54 Å². The molecule has 0 aliphatic rings. The van der Waals surface area contributed by atoms with Crippen LogP contribution in [0.5, 0.6) is 5.75 Å². The Morgan fingerprint density at radius 1 is 1.36 bits per heavy atom. The molecule has 0 amide bonds. The first-order valence-electron chi connectivity index (χ1n) is 4.29. The predicted octanol–water partition coefficient (Wildman–Crippen LogP) is -2.25. The summed E-state index contributed by atoms with van der Waals surface area (Å²) in [4.78, 5) is 3.06. The van der Waals surface area contributed by atoms with Crippen LogP contribution in [0.4, 0.5) is 0 Å². The topological polar surface area (TPSA) is 64.9 Å². The van der Waals surface area contributed by atoms with Gasteiger partial charge in [-0.15, -0.1) is 0 Å². The third kappa shape index (κ3) is 2.21. The Hall–Kier alpha value is 0.156. The molecule has 0 fully saturated rings. The summed E-state index contributed by atoms with van der Waals surface area (Å²) < 4.78 is 0. The minimum atomic E-state index is 0. The fourth-order valence-corrected chi connectivity index (χ4v) is 1.57. The Morgan fingerprint density at radius 2 is 2.14 bits per heavy atom. The molecule has 0 aliphatic carbocycles. The van der Waals surface area contributed by atoms with Gasteiger partial charge in [0.05, 0.1) is 0 Å². The van der Waals surface area contributed by atoms with Crippen LogP contribution in [0.15, 0.2) is 24.4 Å². The zero-order valence-electron chi connectivity index (χ0n) is 8.21. The minimum absolute atomic E-state index is 0. The summed E-state index contributed by atoms with van der Waals surface area (Å²) in [5, 5.41) is 12.3. The summed E-state index contributed by atoms with van der Waals surface area (Å²) in [6, 6.07) is 5.24. The van der Waals surface area contributed by atoms with E-state index < -0.39 is 0 Å². The van der Waals surface area contributed by atoms with Gasteiger partial charge in [0.15, 0.2) is 0 Å². The molecule has 14 heavy (non-hydrogen) atoms. The quantitative estimate of drug-likeness (QED) is 0.555. The van der Waals surface area contributed by atoms with Gasteiger partial charge in [-0.3, -0.25) is 0 Å². The summed E-state index contributed by atoms with van der Waals surface area (Å²) in [5.41, 5.74) is 7.36. The van der Waals surface area contributed by atoms with Crippen molar-refractivity contribution in [2.45, 2.75) is 6.42 Å². The monoisotopic (exact) mass is 214 g/mol. The normalized spacial score (nSPS) is 10.1. The molecule has 3 nitrogen and oxygen atoms in total. The summed E-state index contributed by atoms with van der Waals surface area (Å²) in [7, 11) is 0. The Morgan fingerprint density at radius 3 is 2.86 bits per heavy atom. The first-order valence-corrected chi connectivity index (χ1v) is 4.29. The van der Waals surface area contributed by atoms with Gasteiger partial charge in [0.2, 0.25) is 0 Å². The zero-order chi connectivity index (χ0) is 9.26. The van der Waals surface area contributed by atoms with Crippen molar-refractivity contribution in [3.8, 4) is 5.75 Å². The molecule has 3 N–H and O–H groups in total. The van der Waals surface area contributed by atoms with Crippen LogP contribution in [0.2, 0.25) is 0 Å². The van der Waals surface area contributed by atoms with Crippen LogP contribution >= 0.6 is 0 Å². The van der Waals surface area contributed by atoms with Crippen LogP contribution < -0.4 is 62.2 Å². The number of hydrogen-bond acceptors (Lipinski definition) is 2. The van der Waals surface area contributed by atoms with Crippen LogP contribution in [0.25, 0.3) is 10.9 Å².